The molecule has 1 N–H and O–H groups in total. The largest absolute Gasteiger partial charge is 0.355 e. The van der Waals surface area contributed by atoms with Crippen LogP contribution in [0.15, 0.2) is 133 Å². The van der Waals surface area contributed by atoms with Crippen LogP contribution in [0.2, 0.25) is 0 Å². The molecule has 0 fully saturated rings. The van der Waals surface area contributed by atoms with Crippen molar-refractivity contribution in [3.63, 3.8) is 0 Å². The molecule has 0 aliphatic carbocycles. The van der Waals surface area contributed by atoms with Crippen molar-refractivity contribution in [2.75, 3.05) is 5.32 Å². The summed E-state index contributed by atoms with van der Waals surface area (Å²) in [5.41, 5.74) is 5.00. The van der Waals surface area contributed by atoms with Crippen molar-refractivity contribution in [2.24, 2.45) is 0 Å². The van der Waals surface area contributed by atoms with Gasteiger partial charge in [0.05, 0.1) is 0 Å². The highest BCUT2D eigenvalue weighted by Crippen LogP contribution is 2.25. The van der Waals surface area contributed by atoms with E-state index >= 15 is 0 Å². The normalized spacial score (nSPS) is 8.94. The van der Waals surface area contributed by atoms with E-state index in [0.29, 0.717) is 0 Å². The van der Waals surface area contributed by atoms with E-state index in [2.05, 4.69) is 121 Å². The van der Waals surface area contributed by atoms with Crippen LogP contribution in [0.5, 0.6) is 0 Å². The van der Waals surface area contributed by atoms with E-state index in [4.69, 9.17) is 0 Å². The van der Waals surface area contributed by atoms with E-state index < -0.39 is 0 Å². The molecule has 5 aromatic rings. The van der Waals surface area contributed by atoms with E-state index in [1.165, 1.54) is 21.9 Å². The highest BCUT2D eigenvalue weighted by molar-refractivity contribution is 5.95. The lowest BCUT2D eigenvalue weighted by molar-refractivity contribution is 1.19. The number of para-hydroxylation sites is 1. The Hall–Kier alpha value is -3.84. The van der Waals surface area contributed by atoms with Crippen LogP contribution in [0, 0.1) is 0 Å². The van der Waals surface area contributed by atoms with Crippen LogP contribution in [0.3, 0.4) is 0 Å². The van der Waals surface area contributed by atoms with Crippen molar-refractivity contribution in [3.05, 3.63) is 145 Å². The third-order valence-corrected chi connectivity index (χ3v) is 4.94. The Morgan fingerprint density at radius 2 is 0.833 bits per heavy atom. The number of hydrogen-bond donors (Lipinski definition) is 1. The monoisotopic (exact) mass is 477 g/mol. The molecule has 1 nitrogen and oxygen atoms in total. The zero-order valence-electron chi connectivity index (χ0n) is 22.9. The van der Waals surface area contributed by atoms with Gasteiger partial charge in [0.1, 0.15) is 0 Å². The average Bonchev–Trinajstić information content (AvgIpc) is 2.98. The first-order chi connectivity index (χ1) is 17.9. The molecule has 0 aliphatic heterocycles. The number of benzene rings is 5. The molecule has 1 heteroatoms. The minimum Gasteiger partial charge on any atom is -0.355 e. The summed E-state index contributed by atoms with van der Waals surface area (Å²) in [4.78, 5) is 0. The van der Waals surface area contributed by atoms with Gasteiger partial charge in [-0.2, -0.15) is 0 Å². The Labute approximate surface area is 219 Å². The van der Waals surface area contributed by atoms with Gasteiger partial charge in [0, 0.05) is 16.8 Å². The molecule has 0 amide bonds. The maximum absolute atomic E-state index is 3.45. The van der Waals surface area contributed by atoms with Crippen LogP contribution in [0.25, 0.3) is 10.8 Å². The number of anilines is 2. The van der Waals surface area contributed by atoms with Crippen molar-refractivity contribution in [1.82, 2.24) is 0 Å². The summed E-state index contributed by atoms with van der Waals surface area (Å²) in [6.45, 7) is 12.0. The summed E-state index contributed by atoms with van der Waals surface area (Å²) in [6.07, 6.45) is 1.03. The van der Waals surface area contributed by atoms with Crippen molar-refractivity contribution in [2.45, 2.75) is 48.0 Å². The summed E-state index contributed by atoms with van der Waals surface area (Å²) in [7, 11) is 0. The molecule has 0 heterocycles. The van der Waals surface area contributed by atoms with Crippen LogP contribution in [0.1, 0.15) is 52.7 Å². The third kappa shape index (κ3) is 10.6. The molecule has 0 saturated heterocycles. The second-order valence-electron chi connectivity index (χ2n) is 7.17. The van der Waals surface area contributed by atoms with Gasteiger partial charge in [0.25, 0.3) is 0 Å². The molecule has 0 aromatic heterocycles. The predicted octanol–water partition coefficient (Wildman–Crippen LogP) is 10.9. The standard InChI is InChI=1S/C16H13N.C13H12.3C2H6/c1-2-9-14(10-3-1)17-16-12-6-8-13-7-4-5-11-15(13)16;1-3-7-12(8-4-1)11-13-9-5-2-6-10-13;3*1-2/h1-12,17H;1-10H,11H2;3*1-2H3. The Balaban J connectivity index is 0.000000305. The lowest BCUT2D eigenvalue weighted by Crippen LogP contribution is -1.90. The first kappa shape index (κ1) is 30.2. The fourth-order valence-corrected chi connectivity index (χ4v) is 3.44. The molecule has 188 valence electrons. The first-order valence-electron chi connectivity index (χ1n) is 13.3. The third-order valence-electron chi connectivity index (χ3n) is 4.94. The summed E-state index contributed by atoms with van der Waals surface area (Å²) in [5, 5.41) is 5.95. The van der Waals surface area contributed by atoms with Gasteiger partial charge in [-0.25, -0.2) is 0 Å². The zero-order chi connectivity index (χ0) is 26.4. The average molecular weight is 478 g/mol. The molecule has 0 radical (unpaired) electrons. The molecule has 5 aromatic carbocycles. The highest BCUT2D eigenvalue weighted by atomic mass is 14.9. The fourth-order valence-electron chi connectivity index (χ4n) is 3.44. The van der Waals surface area contributed by atoms with Crippen molar-refractivity contribution in [1.29, 1.82) is 0 Å². The van der Waals surface area contributed by atoms with Gasteiger partial charge in [-0.3, -0.25) is 0 Å². The van der Waals surface area contributed by atoms with Gasteiger partial charge >= 0.3 is 0 Å². The molecule has 36 heavy (non-hydrogen) atoms. The summed E-state index contributed by atoms with van der Waals surface area (Å²) in [6, 6.07) is 46.0. The minimum absolute atomic E-state index is 1.03. The first-order valence-corrected chi connectivity index (χ1v) is 13.3. The van der Waals surface area contributed by atoms with Gasteiger partial charge in [-0.05, 0) is 41.1 Å². The van der Waals surface area contributed by atoms with Crippen LogP contribution in [-0.2, 0) is 6.42 Å². The van der Waals surface area contributed by atoms with E-state index in [-0.39, 0.29) is 0 Å². The number of nitrogens with one attached hydrogen (secondary N) is 1. The second kappa shape index (κ2) is 19.5. The number of rotatable bonds is 4. The molecule has 5 rings (SSSR count). The topological polar surface area (TPSA) is 12.0 Å². The molecular formula is C35H43N. The van der Waals surface area contributed by atoms with Gasteiger partial charge in [-0.15, -0.1) is 0 Å². The van der Waals surface area contributed by atoms with E-state index in [9.17, 15) is 0 Å². The second-order valence-corrected chi connectivity index (χ2v) is 7.17. The molecule has 0 bridgehead atoms. The van der Waals surface area contributed by atoms with E-state index in [1.54, 1.807) is 0 Å². The van der Waals surface area contributed by atoms with Crippen molar-refractivity contribution in [3.8, 4) is 0 Å². The maximum Gasteiger partial charge on any atom is 0.0463 e. The van der Waals surface area contributed by atoms with Gasteiger partial charge in [0.2, 0.25) is 0 Å². The number of fused-ring (bicyclic) bond motifs is 1. The quantitative estimate of drug-likeness (QED) is 0.271. The lowest BCUT2D eigenvalue weighted by atomic mass is 10.1. The molecule has 0 aliphatic rings. The minimum atomic E-state index is 1.03. The molecule has 0 saturated carbocycles. The Morgan fingerprint density at radius 3 is 1.36 bits per heavy atom. The SMILES string of the molecule is CC.CC.CC.c1ccc(Cc2ccccc2)cc1.c1ccc(Nc2cccc3ccccc23)cc1. The van der Waals surface area contributed by atoms with Crippen LogP contribution in [-0.4, -0.2) is 0 Å². The van der Waals surface area contributed by atoms with Gasteiger partial charge < -0.3 is 5.32 Å². The van der Waals surface area contributed by atoms with Crippen LogP contribution < -0.4 is 5.32 Å². The van der Waals surface area contributed by atoms with Crippen LogP contribution in [0.4, 0.5) is 11.4 Å². The van der Waals surface area contributed by atoms with Crippen molar-refractivity contribution < 1.29 is 0 Å². The predicted molar refractivity (Wildman–Crippen MR) is 163 cm³/mol. The Morgan fingerprint density at radius 1 is 0.417 bits per heavy atom. The fraction of sp³-hybridized carbons (Fsp3) is 0.200. The molecule has 0 unspecified atom stereocenters. The number of hydrogen-bond acceptors (Lipinski definition) is 1. The highest BCUT2D eigenvalue weighted by Gasteiger charge is 1.99. The van der Waals surface area contributed by atoms with Gasteiger partial charge in [-0.1, -0.05) is 157 Å². The molecule has 0 spiro atoms. The zero-order valence-corrected chi connectivity index (χ0v) is 22.9. The maximum atomic E-state index is 3.45. The van der Waals surface area contributed by atoms with Gasteiger partial charge in [0.15, 0.2) is 0 Å². The summed E-state index contributed by atoms with van der Waals surface area (Å²) < 4.78 is 0. The Kier molecular flexibility index (Phi) is 16.3. The summed E-state index contributed by atoms with van der Waals surface area (Å²) >= 11 is 0. The molecule has 0 atom stereocenters. The van der Waals surface area contributed by atoms with Crippen LogP contribution >= 0.6 is 0 Å². The molecular weight excluding hydrogens is 434 g/mol. The summed E-state index contributed by atoms with van der Waals surface area (Å²) in [5.74, 6) is 0. The lowest BCUT2D eigenvalue weighted by Gasteiger charge is -2.09. The van der Waals surface area contributed by atoms with Crippen molar-refractivity contribution >= 4 is 22.1 Å². The van der Waals surface area contributed by atoms with E-state index in [1.807, 2.05) is 59.7 Å². The van der Waals surface area contributed by atoms with E-state index in [0.717, 1.165) is 17.8 Å². The smallest absolute Gasteiger partial charge is 0.0463 e. The Bertz CT molecular complexity index is 1120.